The first kappa shape index (κ1) is 20.5. The lowest BCUT2D eigenvalue weighted by atomic mass is 10.1. The Bertz CT molecular complexity index is 860. The summed E-state index contributed by atoms with van der Waals surface area (Å²) in [6.07, 6.45) is 2.22. The molecular weight excluding hydrogens is 397 g/mol. The van der Waals surface area contributed by atoms with Gasteiger partial charge in [-0.2, -0.15) is 0 Å². The third-order valence-electron chi connectivity index (χ3n) is 3.12. The fourth-order valence-electron chi connectivity index (χ4n) is 1.82. The van der Waals surface area contributed by atoms with Gasteiger partial charge in [0, 0.05) is 17.7 Å². The van der Waals surface area contributed by atoms with Crippen LogP contribution in [0.2, 0.25) is 0 Å². The second kappa shape index (κ2) is 8.68. The molecule has 12 heteroatoms. The van der Waals surface area contributed by atoms with Crippen LogP contribution >= 0.6 is 11.3 Å². The molecule has 6 nitrogen and oxygen atoms in total. The molecule has 1 atom stereocenters. The van der Waals surface area contributed by atoms with E-state index in [2.05, 4.69) is 10.3 Å². The van der Waals surface area contributed by atoms with Gasteiger partial charge in [0.2, 0.25) is 11.7 Å². The number of benzene rings is 1. The number of thiazole rings is 1. The Balaban J connectivity index is 2.11. The molecule has 0 fully saturated rings. The molecule has 2 amide bonds. The van der Waals surface area contributed by atoms with Crippen LogP contribution in [-0.2, 0) is 9.59 Å². The van der Waals surface area contributed by atoms with Crippen LogP contribution in [0.15, 0.2) is 17.7 Å². The van der Waals surface area contributed by atoms with E-state index in [1.54, 1.807) is 5.38 Å². The number of rotatable bonds is 6. The van der Waals surface area contributed by atoms with Crippen molar-refractivity contribution in [3.8, 4) is 0 Å². The summed E-state index contributed by atoms with van der Waals surface area (Å²) in [6, 6.07) is -1.44. The molecule has 0 aliphatic carbocycles. The first-order valence-corrected chi connectivity index (χ1v) is 7.95. The minimum Gasteiger partial charge on any atom is -0.394 e. The molecule has 27 heavy (non-hydrogen) atoms. The lowest BCUT2D eigenvalue weighted by Gasteiger charge is -2.13. The van der Waals surface area contributed by atoms with Crippen LogP contribution in [0.5, 0.6) is 0 Å². The highest BCUT2D eigenvalue weighted by molar-refractivity contribution is 7.13. The fourth-order valence-corrected chi connectivity index (χ4v) is 2.35. The number of hydrogen-bond donors (Lipinski definition) is 3. The van der Waals surface area contributed by atoms with Gasteiger partial charge in [-0.15, -0.1) is 11.3 Å². The molecule has 1 heterocycles. The Hall–Kier alpha value is -2.86. The van der Waals surface area contributed by atoms with Gasteiger partial charge >= 0.3 is 0 Å². The largest absolute Gasteiger partial charge is 0.394 e. The number of amides is 2. The monoisotopic (exact) mass is 407 g/mol. The van der Waals surface area contributed by atoms with Crippen molar-refractivity contribution in [2.24, 2.45) is 0 Å². The molecule has 3 N–H and O–H groups in total. The topological polar surface area (TPSA) is 91.3 Å². The van der Waals surface area contributed by atoms with E-state index in [-0.39, 0.29) is 5.13 Å². The van der Waals surface area contributed by atoms with Crippen molar-refractivity contribution in [2.45, 2.75) is 6.04 Å². The molecule has 0 aliphatic heterocycles. The van der Waals surface area contributed by atoms with E-state index in [0.717, 1.165) is 11.3 Å². The number of carbonyl (C=O) groups is 2. The van der Waals surface area contributed by atoms with Gasteiger partial charge in [-0.1, -0.05) is 0 Å². The summed E-state index contributed by atoms with van der Waals surface area (Å²) in [5, 5.41) is 15.2. The lowest BCUT2D eigenvalue weighted by Crippen LogP contribution is -2.45. The van der Waals surface area contributed by atoms with Gasteiger partial charge in [-0.05, 0) is 6.08 Å². The van der Waals surface area contributed by atoms with Gasteiger partial charge in [0.25, 0.3) is 5.91 Å². The lowest BCUT2D eigenvalue weighted by molar-refractivity contribution is -0.124. The van der Waals surface area contributed by atoms with E-state index in [0.29, 0.717) is 12.2 Å². The zero-order valence-electron chi connectivity index (χ0n) is 13.1. The third-order valence-corrected chi connectivity index (χ3v) is 3.81. The molecule has 0 unspecified atom stereocenters. The van der Waals surface area contributed by atoms with Crippen LogP contribution in [0.25, 0.3) is 6.08 Å². The standard InChI is InChI=1S/C15H10F5N3O3S/c16-9-6(10(17)12(19)13(20)11(9)18)1-2-8(25)22-7(5-24)14(26)23-15-21-3-4-27-15/h1-4,7,24H,5H2,(H,22,25)(H,21,23,26)/t7-/m0/s1. The highest BCUT2D eigenvalue weighted by Gasteiger charge is 2.25. The van der Waals surface area contributed by atoms with Gasteiger partial charge in [-0.3, -0.25) is 9.59 Å². The maximum atomic E-state index is 13.5. The van der Waals surface area contributed by atoms with E-state index in [9.17, 15) is 36.6 Å². The number of nitrogens with zero attached hydrogens (tertiary/aromatic N) is 1. The molecule has 1 aromatic heterocycles. The molecule has 144 valence electrons. The van der Waals surface area contributed by atoms with Crippen LogP contribution in [0.1, 0.15) is 5.56 Å². The zero-order chi connectivity index (χ0) is 20.1. The van der Waals surface area contributed by atoms with E-state index in [4.69, 9.17) is 0 Å². The summed E-state index contributed by atoms with van der Waals surface area (Å²) in [6.45, 7) is -0.820. The Labute approximate surface area is 152 Å². The second-order valence-electron chi connectivity index (χ2n) is 4.89. The van der Waals surface area contributed by atoms with E-state index in [1.807, 2.05) is 5.32 Å². The Kier molecular flexibility index (Phi) is 6.58. The zero-order valence-corrected chi connectivity index (χ0v) is 13.9. The number of anilines is 1. The number of nitrogens with one attached hydrogen (secondary N) is 2. The molecule has 0 aliphatic rings. The molecule has 0 spiro atoms. The smallest absolute Gasteiger partial charge is 0.251 e. The molecule has 0 saturated heterocycles. The van der Waals surface area contributed by atoms with Crippen LogP contribution in [0, 0.1) is 29.1 Å². The number of aromatic nitrogens is 1. The van der Waals surface area contributed by atoms with Crippen LogP contribution < -0.4 is 10.6 Å². The molecule has 1 aromatic carbocycles. The minimum atomic E-state index is -2.33. The number of aliphatic hydroxyl groups is 1. The molecular formula is C15H10F5N3O3S. The predicted octanol–water partition coefficient (Wildman–Crippen LogP) is 1.97. The van der Waals surface area contributed by atoms with Gasteiger partial charge in [0.15, 0.2) is 28.4 Å². The predicted molar refractivity (Wildman–Crippen MR) is 85.0 cm³/mol. The van der Waals surface area contributed by atoms with Crippen molar-refractivity contribution in [3.05, 3.63) is 52.3 Å². The van der Waals surface area contributed by atoms with Crippen molar-refractivity contribution in [1.82, 2.24) is 10.3 Å². The fraction of sp³-hybridized carbons (Fsp3) is 0.133. The highest BCUT2D eigenvalue weighted by Crippen LogP contribution is 2.23. The molecule has 2 aromatic rings. The molecule has 0 radical (unpaired) electrons. The SMILES string of the molecule is O=C(C=Cc1c(F)c(F)c(F)c(F)c1F)N[C@@H](CO)C(=O)Nc1nccs1. The summed E-state index contributed by atoms with van der Waals surface area (Å²) in [7, 11) is 0. The Morgan fingerprint density at radius 3 is 2.22 bits per heavy atom. The quantitative estimate of drug-likeness (QED) is 0.296. The Morgan fingerprint density at radius 1 is 1.11 bits per heavy atom. The van der Waals surface area contributed by atoms with E-state index < -0.39 is 59.1 Å². The van der Waals surface area contributed by atoms with Crippen molar-refractivity contribution in [2.75, 3.05) is 11.9 Å². The summed E-state index contributed by atoms with van der Waals surface area (Å²) in [4.78, 5) is 27.4. The number of carbonyl (C=O) groups excluding carboxylic acids is 2. The van der Waals surface area contributed by atoms with Gasteiger partial charge in [0.05, 0.1) is 12.2 Å². The van der Waals surface area contributed by atoms with Gasteiger partial charge < -0.3 is 15.7 Å². The van der Waals surface area contributed by atoms with Crippen molar-refractivity contribution < 1.29 is 36.6 Å². The molecule has 0 bridgehead atoms. The number of hydrogen-bond acceptors (Lipinski definition) is 5. The van der Waals surface area contributed by atoms with E-state index >= 15 is 0 Å². The summed E-state index contributed by atoms with van der Waals surface area (Å²) >= 11 is 1.08. The van der Waals surface area contributed by atoms with Crippen molar-refractivity contribution in [1.29, 1.82) is 0 Å². The molecule has 0 saturated carbocycles. The van der Waals surface area contributed by atoms with Crippen molar-refractivity contribution >= 4 is 34.4 Å². The van der Waals surface area contributed by atoms with Gasteiger partial charge in [0.1, 0.15) is 6.04 Å². The first-order chi connectivity index (χ1) is 12.8. The van der Waals surface area contributed by atoms with Crippen LogP contribution in [0.4, 0.5) is 27.1 Å². The summed E-state index contributed by atoms with van der Waals surface area (Å²) in [5.41, 5.74) is -1.32. The highest BCUT2D eigenvalue weighted by atomic mass is 32.1. The average Bonchev–Trinajstić information content (AvgIpc) is 3.15. The second-order valence-corrected chi connectivity index (χ2v) is 5.78. The van der Waals surface area contributed by atoms with E-state index in [1.165, 1.54) is 6.20 Å². The third kappa shape index (κ3) is 4.65. The number of aliphatic hydroxyl groups excluding tert-OH is 1. The maximum Gasteiger partial charge on any atom is 0.251 e. The minimum absolute atomic E-state index is 0.199. The number of halogens is 5. The van der Waals surface area contributed by atoms with Gasteiger partial charge in [-0.25, -0.2) is 26.9 Å². The molecule has 2 rings (SSSR count). The maximum absolute atomic E-state index is 13.5. The average molecular weight is 407 g/mol. The first-order valence-electron chi connectivity index (χ1n) is 7.07. The van der Waals surface area contributed by atoms with Crippen LogP contribution in [-0.4, -0.2) is 34.6 Å². The van der Waals surface area contributed by atoms with Crippen LogP contribution in [0.3, 0.4) is 0 Å². The summed E-state index contributed by atoms with van der Waals surface area (Å²) < 4.78 is 66.2. The normalized spacial score (nSPS) is 12.2. The summed E-state index contributed by atoms with van der Waals surface area (Å²) in [5.74, 6) is -12.8. The van der Waals surface area contributed by atoms with Crippen molar-refractivity contribution in [3.63, 3.8) is 0 Å². The Morgan fingerprint density at radius 2 is 1.70 bits per heavy atom.